The van der Waals surface area contributed by atoms with Crippen LogP contribution in [0.4, 0.5) is 10.5 Å². The summed E-state index contributed by atoms with van der Waals surface area (Å²) < 4.78 is 7.23. The first-order valence-electron chi connectivity index (χ1n) is 7.31. The molecule has 1 amide bonds. The monoisotopic (exact) mass is 322 g/mol. The minimum absolute atomic E-state index is 0.0487. The maximum atomic E-state index is 12.5. The first kappa shape index (κ1) is 15.1. The molecule has 2 aromatic heterocycles. The number of ether oxygens (including phenoxy) is 1. The van der Waals surface area contributed by atoms with Gasteiger partial charge >= 0.3 is 6.09 Å². The van der Waals surface area contributed by atoms with E-state index in [4.69, 9.17) is 16.3 Å². The number of aromatic nitrogens is 3. The molecule has 6 nitrogen and oxygen atoms in total. The molecular formula is C15H19ClN4O2. The van der Waals surface area contributed by atoms with E-state index in [2.05, 4.69) is 10.1 Å². The Morgan fingerprint density at radius 1 is 1.45 bits per heavy atom. The molecule has 0 fully saturated rings. The molecule has 0 aromatic carbocycles. The van der Waals surface area contributed by atoms with Crippen molar-refractivity contribution in [2.45, 2.75) is 52.2 Å². The fraction of sp³-hybridized carbons (Fsp3) is 0.533. The van der Waals surface area contributed by atoms with Crippen LogP contribution in [0.1, 0.15) is 39.8 Å². The second-order valence-corrected chi connectivity index (χ2v) is 6.95. The largest absolute Gasteiger partial charge is 0.443 e. The Labute approximate surface area is 134 Å². The van der Waals surface area contributed by atoms with Crippen LogP contribution in [0.5, 0.6) is 0 Å². The standard InChI is InChI=1S/C15H19ClN4O2/c1-9-5-6-10-11(19(9)14(21)22-15(2,3)4)8-17-13-7-12(16)18-20(10)13/h7-9H,5-6H2,1-4H3. The van der Waals surface area contributed by atoms with Crippen LogP contribution < -0.4 is 4.90 Å². The van der Waals surface area contributed by atoms with Gasteiger partial charge < -0.3 is 4.74 Å². The van der Waals surface area contributed by atoms with Crippen molar-refractivity contribution in [3.05, 3.63) is 23.1 Å². The number of amides is 1. The zero-order chi connectivity index (χ0) is 16.1. The molecule has 1 unspecified atom stereocenters. The summed E-state index contributed by atoms with van der Waals surface area (Å²) in [4.78, 5) is 18.6. The quantitative estimate of drug-likeness (QED) is 0.745. The molecule has 7 heteroatoms. The average Bonchev–Trinajstić information content (AvgIpc) is 2.76. The fourth-order valence-electron chi connectivity index (χ4n) is 2.68. The van der Waals surface area contributed by atoms with E-state index in [0.29, 0.717) is 10.8 Å². The summed E-state index contributed by atoms with van der Waals surface area (Å²) in [6.45, 7) is 7.58. The minimum atomic E-state index is -0.541. The van der Waals surface area contributed by atoms with Crippen molar-refractivity contribution in [3.8, 4) is 0 Å². The summed E-state index contributed by atoms with van der Waals surface area (Å²) >= 11 is 5.96. The van der Waals surface area contributed by atoms with Gasteiger partial charge in [0, 0.05) is 12.1 Å². The van der Waals surface area contributed by atoms with Crippen molar-refractivity contribution in [1.29, 1.82) is 0 Å². The van der Waals surface area contributed by atoms with E-state index in [1.807, 2.05) is 27.7 Å². The number of rotatable bonds is 0. The van der Waals surface area contributed by atoms with E-state index in [9.17, 15) is 4.79 Å². The summed E-state index contributed by atoms with van der Waals surface area (Å²) in [6, 6.07) is 1.75. The van der Waals surface area contributed by atoms with E-state index in [-0.39, 0.29) is 12.1 Å². The Kier molecular flexibility index (Phi) is 3.51. The molecule has 0 aliphatic carbocycles. The van der Waals surface area contributed by atoms with Gasteiger partial charge in [0.15, 0.2) is 10.8 Å². The van der Waals surface area contributed by atoms with Crippen LogP contribution >= 0.6 is 11.6 Å². The van der Waals surface area contributed by atoms with Gasteiger partial charge in [-0.2, -0.15) is 5.10 Å². The van der Waals surface area contributed by atoms with Gasteiger partial charge in [0.1, 0.15) is 5.60 Å². The number of nitrogens with zero attached hydrogens (tertiary/aromatic N) is 4. The van der Waals surface area contributed by atoms with Crippen LogP contribution in [0.2, 0.25) is 5.15 Å². The molecule has 1 aliphatic heterocycles. The zero-order valence-electron chi connectivity index (χ0n) is 13.1. The lowest BCUT2D eigenvalue weighted by Gasteiger charge is -2.35. The Bertz CT molecular complexity index is 735. The van der Waals surface area contributed by atoms with Crippen LogP contribution in [0.15, 0.2) is 12.3 Å². The minimum Gasteiger partial charge on any atom is -0.443 e. The maximum absolute atomic E-state index is 12.5. The molecule has 118 valence electrons. The number of anilines is 1. The third-order valence-electron chi connectivity index (χ3n) is 3.62. The number of hydrogen-bond donors (Lipinski definition) is 0. The van der Waals surface area contributed by atoms with E-state index >= 15 is 0 Å². The predicted octanol–water partition coefficient (Wildman–Crippen LogP) is 3.46. The summed E-state index contributed by atoms with van der Waals surface area (Å²) in [7, 11) is 0. The summed E-state index contributed by atoms with van der Waals surface area (Å²) in [6.07, 6.45) is 2.98. The number of hydrogen-bond acceptors (Lipinski definition) is 4. The van der Waals surface area contributed by atoms with Crippen molar-refractivity contribution in [2.24, 2.45) is 0 Å². The van der Waals surface area contributed by atoms with Crippen molar-refractivity contribution >= 4 is 29.0 Å². The molecule has 3 heterocycles. The first-order chi connectivity index (χ1) is 10.3. The molecule has 0 N–H and O–H groups in total. The van der Waals surface area contributed by atoms with Gasteiger partial charge in [-0.25, -0.2) is 14.3 Å². The third kappa shape index (κ3) is 2.63. The van der Waals surface area contributed by atoms with E-state index in [1.165, 1.54) is 0 Å². The second-order valence-electron chi connectivity index (χ2n) is 6.57. The van der Waals surface area contributed by atoms with Gasteiger partial charge in [-0.1, -0.05) is 11.6 Å². The average molecular weight is 323 g/mol. The Hall–Kier alpha value is -1.82. The van der Waals surface area contributed by atoms with Crippen molar-refractivity contribution in [1.82, 2.24) is 14.6 Å². The van der Waals surface area contributed by atoms with Crippen LogP contribution in [0.25, 0.3) is 5.65 Å². The third-order valence-corrected chi connectivity index (χ3v) is 3.81. The van der Waals surface area contributed by atoms with E-state index in [0.717, 1.165) is 24.2 Å². The van der Waals surface area contributed by atoms with Gasteiger partial charge in [0.05, 0.1) is 17.6 Å². The molecule has 1 aliphatic rings. The second kappa shape index (κ2) is 5.12. The van der Waals surface area contributed by atoms with Crippen molar-refractivity contribution in [2.75, 3.05) is 4.90 Å². The van der Waals surface area contributed by atoms with Crippen LogP contribution in [0, 0.1) is 0 Å². The van der Waals surface area contributed by atoms with E-state index < -0.39 is 5.60 Å². The lowest BCUT2D eigenvalue weighted by Crippen LogP contribution is -2.45. The Morgan fingerprint density at radius 3 is 2.86 bits per heavy atom. The van der Waals surface area contributed by atoms with Crippen LogP contribution in [-0.4, -0.2) is 32.3 Å². The molecule has 0 spiro atoms. The summed E-state index contributed by atoms with van der Waals surface area (Å²) in [5.74, 6) is 0. The van der Waals surface area contributed by atoms with Gasteiger partial charge in [0.2, 0.25) is 0 Å². The zero-order valence-corrected chi connectivity index (χ0v) is 13.9. The van der Waals surface area contributed by atoms with E-state index in [1.54, 1.807) is 21.7 Å². The highest BCUT2D eigenvalue weighted by Gasteiger charge is 2.33. The Balaban J connectivity index is 2.07. The topological polar surface area (TPSA) is 59.7 Å². The first-order valence-corrected chi connectivity index (χ1v) is 7.69. The molecule has 2 aromatic rings. The SMILES string of the molecule is CC1CCc2c(cnc3cc(Cl)nn23)N1C(=O)OC(C)(C)C. The molecule has 22 heavy (non-hydrogen) atoms. The number of halogens is 1. The number of carbonyl (C=O) groups excluding carboxylic acids is 1. The lowest BCUT2D eigenvalue weighted by molar-refractivity contribution is 0.0563. The molecule has 3 rings (SSSR count). The van der Waals surface area contributed by atoms with Crippen molar-refractivity contribution in [3.63, 3.8) is 0 Å². The number of carbonyl (C=O) groups is 1. The summed E-state index contributed by atoms with van der Waals surface area (Å²) in [5.41, 5.74) is 1.81. The van der Waals surface area contributed by atoms with Gasteiger partial charge in [0.25, 0.3) is 0 Å². The normalized spacial score (nSPS) is 18.4. The van der Waals surface area contributed by atoms with Gasteiger partial charge in [-0.3, -0.25) is 4.90 Å². The maximum Gasteiger partial charge on any atom is 0.415 e. The molecule has 0 bridgehead atoms. The molecule has 0 saturated carbocycles. The van der Waals surface area contributed by atoms with Crippen LogP contribution in [-0.2, 0) is 11.2 Å². The fourth-order valence-corrected chi connectivity index (χ4v) is 2.85. The molecule has 1 atom stereocenters. The highest BCUT2D eigenvalue weighted by molar-refractivity contribution is 6.29. The molecular weight excluding hydrogens is 304 g/mol. The predicted molar refractivity (Wildman–Crippen MR) is 84.5 cm³/mol. The number of fused-ring (bicyclic) bond motifs is 3. The lowest BCUT2D eigenvalue weighted by atomic mass is 10.0. The number of aryl methyl sites for hydroxylation is 1. The highest BCUT2D eigenvalue weighted by Crippen LogP contribution is 2.32. The summed E-state index contributed by atoms with van der Waals surface area (Å²) in [5, 5.41) is 4.65. The molecule has 0 saturated heterocycles. The Morgan fingerprint density at radius 2 is 2.18 bits per heavy atom. The van der Waals surface area contributed by atoms with Gasteiger partial charge in [-0.05, 0) is 40.5 Å². The smallest absolute Gasteiger partial charge is 0.415 e. The van der Waals surface area contributed by atoms with Crippen LogP contribution in [0.3, 0.4) is 0 Å². The van der Waals surface area contributed by atoms with Crippen molar-refractivity contribution < 1.29 is 9.53 Å². The molecule has 0 radical (unpaired) electrons. The highest BCUT2D eigenvalue weighted by atomic mass is 35.5. The van der Waals surface area contributed by atoms with Gasteiger partial charge in [-0.15, -0.1) is 0 Å².